The maximum absolute atomic E-state index is 13.4. The highest BCUT2D eigenvalue weighted by Gasteiger charge is 2.32. The van der Waals surface area contributed by atoms with Crippen LogP contribution in [0.4, 0.5) is 30.2 Å². The third-order valence-corrected chi connectivity index (χ3v) is 4.79. The van der Waals surface area contributed by atoms with Crippen molar-refractivity contribution in [3.8, 4) is 17.4 Å². The lowest BCUT2D eigenvalue weighted by Gasteiger charge is -2.17. The molecule has 0 atom stereocenters. The number of pyridine rings is 1. The Labute approximate surface area is 188 Å². The number of carbonyl (C=O) groups excluding carboxylic acids is 1. The molecule has 1 aromatic heterocycles. The smallest absolute Gasteiger partial charge is 0.416 e. The van der Waals surface area contributed by atoms with Crippen molar-refractivity contribution < 1.29 is 32.2 Å². The van der Waals surface area contributed by atoms with Crippen LogP contribution in [0, 0.1) is 6.92 Å². The molecule has 0 aliphatic heterocycles. The molecule has 3 aromatic rings. The molecule has 0 saturated carbocycles. The van der Waals surface area contributed by atoms with Crippen molar-refractivity contribution in [2.45, 2.75) is 13.1 Å². The third-order valence-electron chi connectivity index (χ3n) is 4.79. The van der Waals surface area contributed by atoms with Gasteiger partial charge in [-0.05, 0) is 43.3 Å². The van der Waals surface area contributed by atoms with Crippen LogP contribution in [-0.4, -0.2) is 32.2 Å². The summed E-state index contributed by atoms with van der Waals surface area (Å²) in [5.74, 6) is 0.519. The van der Waals surface area contributed by atoms with Crippen molar-refractivity contribution in [3.63, 3.8) is 0 Å². The maximum atomic E-state index is 13.4. The molecular formula is C23H22F3N3O4. The lowest BCUT2D eigenvalue weighted by Crippen LogP contribution is -2.17. The van der Waals surface area contributed by atoms with Gasteiger partial charge in [-0.2, -0.15) is 13.2 Å². The molecule has 0 spiro atoms. The van der Waals surface area contributed by atoms with Gasteiger partial charge in [-0.3, -0.25) is 4.79 Å². The molecule has 1 heterocycles. The minimum absolute atomic E-state index is 0.156. The lowest BCUT2D eigenvalue weighted by atomic mass is 10.1. The summed E-state index contributed by atoms with van der Waals surface area (Å²) in [7, 11) is 4.39. The molecule has 0 saturated heterocycles. The van der Waals surface area contributed by atoms with Gasteiger partial charge in [-0.25, -0.2) is 4.98 Å². The van der Waals surface area contributed by atoms with E-state index in [2.05, 4.69) is 15.6 Å². The fourth-order valence-corrected chi connectivity index (χ4v) is 3.04. The second kappa shape index (κ2) is 9.68. The molecular weight excluding hydrogens is 439 g/mol. The summed E-state index contributed by atoms with van der Waals surface area (Å²) >= 11 is 0. The van der Waals surface area contributed by atoms with E-state index >= 15 is 0 Å². The standard InChI is InChI=1S/C23H22F3N3O4/c1-13-17(9-10-21(27-13)33-4)29-22(30)16-11-14(23(24,25)26)5-7-18(16)28-19-8-6-15(31-2)12-20(19)32-3/h5-12,28H,1-4H3,(H,29,30). The molecule has 3 rings (SSSR count). The van der Waals surface area contributed by atoms with Crippen molar-refractivity contribution in [2.75, 3.05) is 32.0 Å². The number of anilines is 3. The number of carbonyl (C=O) groups is 1. The Morgan fingerprint density at radius 3 is 2.18 bits per heavy atom. The van der Waals surface area contributed by atoms with Gasteiger partial charge < -0.3 is 24.8 Å². The van der Waals surface area contributed by atoms with Gasteiger partial charge in [0.05, 0.1) is 55.2 Å². The zero-order valence-corrected chi connectivity index (χ0v) is 18.3. The fourth-order valence-electron chi connectivity index (χ4n) is 3.04. The second-order valence-corrected chi connectivity index (χ2v) is 6.89. The predicted octanol–water partition coefficient (Wildman–Crippen LogP) is 5.43. The first-order valence-corrected chi connectivity index (χ1v) is 9.69. The van der Waals surface area contributed by atoms with E-state index in [1.54, 1.807) is 31.2 Å². The molecule has 174 valence electrons. The Kier molecular flexibility index (Phi) is 6.95. The number of aromatic nitrogens is 1. The largest absolute Gasteiger partial charge is 0.497 e. The van der Waals surface area contributed by atoms with Gasteiger partial charge in [-0.1, -0.05) is 0 Å². The quantitative estimate of drug-likeness (QED) is 0.488. The molecule has 0 fully saturated rings. The highest BCUT2D eigenvalue weighted by molar-refractivity contribution is 6.09. The summed E-state index contributed by atoms with van der Waals surface area (Å²) in [5.41, 5.74) is 0.215. The van der Waals surface area contributed by atoms with E-state index in [0.717, 1.165) is 12.1 Å². The van der Waals surface area contributed by atoms with Crippen LogP contribution in [0.5, 0.6) is 17.4 Å². The number of rotatable bonds is 7. The van der Waals surface area contributed by atoms with Crippen LogP contribution < -0.4 is 24.8 Å². The maximum Gasteiger partial charge on any atom is 0.416 e. The number of ether oxygens (including phenoxy) is 3. The summed E-state index contributed by atoms with van der Waals surface area (Å²) in [5, 5.41) is 5.59. The Morgan fingerprint density at radius 2 is 1.58 bits per heavy atom. The molecule has 2 aromatic carbocycles. The van der Waals surface area contributed by atoms with E-state index in [0.29, 0.717) is 34.4 Å². The molecule has 1 amide bonds. The van der Waals surface area contributed by atoms with E-state index in [1.165, 1.54) is 33.5 Å². The van der Waals surface area contributed by atoms with Crippen molar-refractivity contribution in [3.05, 3.63) is 65.4 Å². The average Bonchev–Trinajstić information content (AvgIpc) is 2.80. The number of amides is 1. The second-order valence-electron chi connectivity index (χ2n) is 6.89. The molecule has 2 N–H and O–H groups in total. The molecule has 33 heavy (non-hydrogen) atoms. The highest BCUT2D eigenvalue weighted by Crippen LogP contribution is 2.36. The number of hydrogen-bond acceptors (Lipinski definition) is 6. The SMILES string of the molecule is COc1ccc(Nc2ccc(C(F)(F)F)cc2C(=O)Nc2ccc(OC)nc2C)c(OC)c1. The van der Waals surface area contributed by atoms with Gasteiger partial charge in [0.1, 0.15) is 11.5 Å². The third kappa shape index (κ3) is 5.46. The highest BCUT2D eigenvalue weighted by atomic mass is 19.4. The predicted molar refractivity (Wildman–Crippen MR) is 118 cm³/mol. The Morgan fingerprint density at radius 1 is 0.879 bits per heavy atom. The Bertz CT molecular complexity index is 1170. The molecule has 10 heteroatoms. The van der Waals surface area contributed by atoms with E-state index in [-0.39, 0.29) is 11.3 Å². The van der Waals surface area contributed by atoms with Gasteiger partial charge in [-0.15, -0.1) is 0 Å². The van der Waals surface area contributed by atoms with Gasteiger partial charge >= 0.3 is 6.18 Å². The zero-order valence-electron chi connectivity index (χ0n) is 18.3. The molecule has 7 nitrogen and oxygen atoms in total. The Balaban J connectivity index is 2.01. The van der Waals surface area contributed by atoms with Crippen LogP contribution in [0.1, 0.15) is 21.6 Å². The van der Waals surface area contributed by atoms with Crippen molar-refractivity contribution in [1.29, 1.82) is 0 Å². The van der Waals surface area contributed by atoms with E-state index in [1.807, 2.05) is 0 Å². The van der Waals surface area contributed by atoms with Gasteiger partial charge in [0.2, 0.25) is 5.88 Å². The molecule has 0 bridgehead atoms. The fraction of sp³-hybridized carbons (Fsp3) is 0.217. The number of alkyl halides is 3. The van der Waals surface area contributed by atoms with E-state index < -0.39 is 17.6 Å². The number of halogens is 3. The topological polar surface area (TPSA) is 81.7 Å². The van der Waals surface area contributed by atoms with Crippen LogP contribution >= 0.6 is 0 Å². The monoisotopic (exact) mass is 461 g/mol. The van der Waals surface area contributed by atoms with Crippen LogP contribution in [-0.2, 0) is 6.18 Å². The lowest BCUT2D eigenvalue weighted by molar-refractivity contribution is -0.137. The minimum atomic E-state index is -4.62. The van der Waals surface area contributed by atoms with Crippen LogP contribution in [0.15, 0.2) is 48.5 Å². The number of aryl methyl sites for hydroxylation is 1. The first-order chi connectivity index (χ1) is 15.7. The first kappa shape index (κ1) is 23.7. The number of methoxy groups -OCH3 is 3. The first-order valence-electron chi connectivity index (χ1n) is 9.69. The van der Waals surface area contributed by atoms with Gasteiger partial charge in [0.25, 0.3) is 5.91 Å². The summed E-state index contributed by atoms with van der Waals surface area (Å²) in [6.45, 7) is 1.64. The van der Waals surface area contributed by atoms with Gasteiger partial charge in [0.15, 0.2) is 0 Å². The summed E-state index contributed by atoms with van der Waals surface area (Å²) in [6, 6.07) is 10.9. The normalized spacial score (nSPS) is 11.0. The number of nitrogens with zero attached hydrogens (tertiary/aromatic N) is 1. The Hall–Kier alpha value is -3.95. The van der Waals surface area contributed by atoms with Gasteiger partial charge in [0, 0.05) is 12.1 Å². The van der Waals surface area contributed by atoms with Crippen LogP contribution in [0.2, 0.25) is 0 Å². The summed E-state index contributed by atoms with van der Waals surface area (Å²) in [6.07, 6.45) is -4.62. The van der Waals surface area contributed by atoms with Crippen molar-refractivity contribution in [1.82, 2.24) is 4.98 Å². The average molecular weight is 461 g/mol. The van der Waals surface area contributed by atoms with Crippen LogP contribution in [0.3, 0.4) is 0 Å². The zero-order chi connectivity index (χ0) is 24.2. The van der Waals surface area contributed by atoms with Crippen molar-refractivity contribution >= 4 is 23.0 Å². The summed E-state index contributed by atoms with van der Waals surface area (Å²) in [4.78, 5) is 17.2. The molecule has 0 aliphatic rings. The van der Waals surface area contributed by atoms with E-state index in [4.69, 9.17) is 14.2 Å². The van der Waals surface area contributed by atoms with Crippen molar-refractivity contribution in [2.24, 2.45) is 0 Å². The minimum Gasteiger partial charge on any atom is -0.497 e. The summed E-state index contributed by atoms with van der Waals surface area (Å²) < 4.78 is 55.6. The number of nitrogens with one attached hydrogen (secondary N) is 2. The number of hydrogen-bond donors (Lipinski definition) is 2. The number of benzene rings is 2. The molecule has 0 aliphatic carbocycles. The van der Waals surface area contributed by atoms with Crippen LogP contribution in [0.25, 0.3) is 0 Å². The van der Waals surface area contributed by atoms with E-state index in [9.17, 15) is 18.0 Å². The molecule has 0 unspecified atom stereocenters. The molecule has 0 radical (unpaired) electrons.